The van der Waals surface area contributed by atoms with E-state index in [9.17, 15) is 0 Å². The van der Waals surface area contributed by atoms with Gasteiger partial charge in [-0.3, -0.25) is 0 Å². The van der Waals surface area contributed by atoms with Gasteiger partial charge in [0.1, 0.15) is 5.75 Å². The largest absolute Gasteiger partial charge is 0.497 e. The van der Waals surface area contributed by atoms with Gasteiger partial charge in [0.2, 0.25) is 0 Å². The normalized spacial score (nSPS) is 38.5. The minimum atomic E-state index is 0.495. The molecule has 1 aromatic rings. The summed E-state index contributed by atoms with van der Waals surface area (Å²) in [6.45, 7) is 0. The molecule has 4 fully saturated rings. The third kappa shape index (κ3) is 2.28. The zero-order chi connectivity index (χ0) is 14.4. The van der Waals surface area contributed by atoms with Gasteiger partial charge in [0.15, 0.2) is 0 Å². The summed E-state index contributed by atoms with van der Waals surface area (Å²) in [7, 11) is 3.89. The molecule has 4 aliphatic carbocycles. The highest BCUT2D eigenvalue weighted by atomic mass is 16.5. The predicted octanol–water partition coefficient (Wildman–Crippen LogP) is 4.03. The summed E-state index contributed by atoms with van der Waals surface area (Å²) in [4.78, 5) is 0. The fourth-order valence-corrected chi connectivity index (χ4v) is 5.93. The molecule has 0 saturated heterocycles. The van der Waals surface area contributed by atoms with Crippen molar-refractivity contribution in [2.45, 2.75) is 38.1 Å². The fourth-order valence-electron chi connectivity index (χ4n) is 5.93. The molecule has 4 aliphatic rings. The number of hydrogen-bond donors (Lipinski definition) is 1. The highest BCUT2D eigenvalue weighted by Crippen LogP contribution is 2.59. The summed E-state index contributed by atoms with van der Waals surface area (Å²) in [6.07, 6.45) is 7.47. The highest BCUT2D eigenvalue weighted by Gasteiger charge is 2.50. The third-order valence-corrected chi connectivity index (χ3v) is 6.45. The van der Waals surface area contributed by atoms with E-state index in [4.69, 9.17) is 4.74 Å². The average molecular weight is 285 g/mol. The Kier molecular flexibility index (Phi) is 3.45. The second kappa shape index (κ2) is 5.31. The van der Waals surface area contributed by atoms with Crippen molar-refractivity contribution >= 4 is 0 Å². The number of methoxy groups -OCH3 is 1. The quantitative estimate of drug-likeness (QED) is 0.902. The van der Waals surface area contributed by atoms with Crippen molar-refractivity contribution in [1.82, 2.24) is 5.32 Å². The summed E-state index contributed by atoms with van der Waals surface area (Å²) < 4.78 is 5.43. The number of rotatable bonds is 4. The summed E-state index contributed by atoms with van der Waals surface area (Å²) >= 11 is 0. The maximum Gasteiger partial charge on any atom is 0.119 e. The lowest BCUT2D eigenvalue weighted by Crippen LogP contribution is -2.49. The summed E-state index contributed by atoms with van der Waals surface area (Å²) in [5, 5.41) is 3.64. The van der Waals surface area contributed by atoms with Crippen molar-refractivity contribution in [2.75, 3.05) is 14.2 Å². The summed E-state index contributed by atoms with van der Waals surface area (Å²) in [5.41, 5.74) is 1.41. The van der Waals surface area contributed by atoms with E-state index in [1.54, 1.807) is 7.11 Å². The van der Waals surface area contributed by atoms with Gasteiger partial charge in [-0.1, -0.05) is 12.1 Å². The van der Waals surface area contributed by atoms with Crippen LogP contribution >= 0.6 is 0 Å². The van der Waals surface area contributed by atoms with E-state index >= 15 is 0 Å². The minimum Gasteiger partial charge on any atom is -0.497 e. The van der Waals surface area contributed by atoms with Crippen LogP contribution in [0.25, 0.3) is 0 Å². The Morgan fingerprint density at radius 3 is 2.29 bits per heavy atom. The lowest BCUT2D eigenvalue weighted by atomic mass is 9.50. The zero-order valence-electron chi connectivity index (χ0n) is 13.2. The van der Waals surface area contributed by atoms with E-state index in [0.29, 0.717) is 6.04 Å². The van der Waals surface area contributed by atoms with E-state index in [0.717, 1.165) is 35.3 Å². The molecule has 2 heteroatoms. The van der Waals surface area contributed by atoms with Crippen molar-refractivity contribution < 1.29 is 4.74 Å². The van der Waals surface area contributed by atoms with Crippen LogP contribution in [0.3, 0.4) is 0 Å². The predicted molar refractivity (Wildman–Crippen MR) is 85.3 cm³/mol. The Balaban J connectivity index is 1.63. The van der Waals surface area contributed by atoms with Crippen molar-refractivity contribution in [3.05, 3.63) is 29.8 Å². The van der Waals surface area contributed by atoms with Crippen molar-refractivity contribution in [3.8, 4) is 5.75 Å². The van der Waals surface area contributed by atoms with Gasteiger partial charge in [0.05, 0.1) is 7.11 Å². The summed E-state index contributed by atoms with van der Waals surface area (Å²) in [6, 6.07) is 9.18. The molecule has 114 valence electrons. The highest BCUT2D eigenvalue weighted by molar-refractivity contribution is 5.31. The first kappa shape index (κ1) is 13.6. The molecule has 1 N–H and O–H groups in total. The molecule has 1 atom stereocenters. The average Bonchev–Trinajstić information content (AvgIpc) is 2.50. The molecule has 4 bridgehead atoms. The third-order valence-electron chi connectivity index (χ3n) is 6.45. The molecule has 0 amide bonds. The van der Waals surface area contributed by atoms with Crippen LogP contribution in [0, 0.1) is 29.6 Å². The van der Waals surface area contributed by atoms with E-state index in [-0.39, 0.29) is 0 Å². The molecule has 2 nitrogen and oxygen atoms in total. The van der Waals surface area contributed by atoms with Gasteiger partial charge in [-0.2, -0.15) is 0 Å². The Bertz CT molecular complexity index is 484. The molecule has 1 unspecified atom stereocenters. The molecule has 0 heterocycles. The van der Waals surface area contributed by atoms with Crippen molar-refractivity contribution in [2.24, 2.45) is 29.6 Å². The van der Waals surface area contributed by atoms with Crippen LogP contribution in [0.2, 0.25) is 0 Å². The topological polar surface area (TPSA) is 21.3 Å². The van der Waals surface area contributed by atoms with Crippen LogP contribution in [-0.4, -0.2) is 14.2 Å². The smallest absolute Gasteiger partial charge is 0.119 e. The number of hydrogen-bond acceptors (Lipinski definition) is 2. The first-order chi connectivity index (χ1) is 10.3. The van der Waals surface area contributed by atoms with E-state index in [1.165, 1.54) is 37.7 Å². The standard InChI is InChI=1S/C19H27NO/c1-20-19(14-4-3-5-17(11-14)21-2)18-15-7-12-6-13(9-15)10-16(18)8-12/h3-5,11-13,15-16,18-20H,6-10H2,1-2H3. The maximum atomic E-state index is 5.43. The van der Waals surface area contributed by atoms with E-state index < -0.39 is 0 Å². The van der Waals surface area contributed by atoms with E-state index in [1.807, 2.05) is 6.07 Å². The lowest BCUT2D eigenvalue weighted by Gasteiger charge is -2.56. The van der Waals surface area contributed by atoms with Gasteiger partial charge in [-0.05, 0) is 86.4 Å². The Labute approximate surface area is 128 Å². The van der Waals surface area contributed by atoms with Crippen molar-refractivity contribution in [1.29, 1.82) is 0 Å². The van der Waals surface area contributed by atoms with Crippen LogP contribution in [0.5, 0.6) is 5.75 Å². The van der Waals surface area contributed by atoms with Gasteiger partial charge in [0.25, 0.3) is 0 Å². The number of nitrogens with one attached hydrogen (secondary N) is 1. The van der Waals surface area contributed by atoms with Crippen LogP contribution in [0.15, 0.2) is 24.3 Å². The van der Waals surface area contributed by atoms with Gasteiger partial charge < -0.3 is 10.1 Å². The molecule has 5 rings (SSSR count). The maximum absolute atomic E-state index is 5.43. The molecule has 0 aliphatic heterocycles. The van der Waals surface area contributed by atoms with Gasteiger partial charge in [0, 0.05) is 6.04 Å². The minimum absolute atomic E-state index is 0.495. The Hall–Kier alpha value is -1.02. The first-order valence-electron chi connectivity index (χ1n) is 8.59. The Morgan fingerprint density at radius 1 is 1.05 bits per heavy atom. The summed E-state index contributed by atoms with van der Waals surface area (Å²) in [5.74, 6) is 5.81. The first-order valence-corrected chi connectivity index (χ1v) is 8.59. The molecule has 4 saturated carbocycles. The molecule has 21 heavy (non-hydrogen) atoms. The fraction of sp³-hybridized carbons (Fsp3) is 0.684. The molecule has 0 spiro atoms. The molecule has 0 aromatic heterocycles. The molecular weight excluding hydrogens is 258 g/mol. The second-order valence-corrected chi connectivity index (χ2v) is 7.55. The van der Waals surface area contributed by atoms with Gasteiger partial charge in [-0.25, -0.2) is 0 Å². The zero-order valence-corrected chi connectivity index (χ0v) is 13.2. The molecular formula is C19H27NO. The lowest BCUT2D eigenvalue weighted by molar-refractivity contribution is -0.0515. The van der Waals surface area contributed by atoms with Gasteiger partial charge in [-0.15, -0.1) is 0 Å². The van der Waals surface area contributed by atoms with Crippen molar-refractivity contribution in [3.63, 3.8) is 0 Å². The van der Waals surface area contributed by atoms with Gasteiger partial charge >= 0.3 is 0 Å². The number of ether oxygens (including phenoxy) is 1. The SMILES string of the molecule is CNC(c1cccc(OC)c1)C1C2CC3CC(C2)CC1C3. The van der Waals surface area contributed by atoms with E-state index in [2.05, 4.69) is 30.6 Å². The monoisotopic (exact) mass is 285 g/mol. The van der Waals surface area contributed by atoms with Crippen LogP contribution in [-0.2, 0) is 0 Å². The van der Waals surface area contributed by atoms with Crippen LogP contribution < -0.4 is 10.1 Å². The molecule has 0 radical (unpaired) electrons. The second-order valence-electron chi connectivity index (χ2n) is 7.55. The van der Waals surface area contributed by atoms with Crippen LogP contribution in [0.1, 0.15) is 43.7 Å². The van der Waals surface area contributed by atoms with Crippen LogP contribution in [0.4, 0.5) is 0 Å². The molecule has 1 aromatic carbocycles. The number of benzene rings is 1. The Morgan fingerprint density at radius 2 is 1.71 bits per heavy atom.